The molecule has 0 bridgehead atoms. The molecule has 2 rings (SSSR count). The molecule has 1 aliphatic heterocycles. The van der Waals surface area contributed by atoms with Crippen LogP contribution in [-0.4, -0.2) is 21.9 Å². The van der Waals surface area contributed by atoms with Gasteiger partial charge in [-0.2, -0.15) is 0 Å². The Balaban J connectivity index is 2.29. The maximum absolute atomic E-state index is 10.8. The largest absolute Gasteiger partial charge is 0.508 e. The summed E-state index contributed by atoms with van der Waals surface area (Å²) < 4.78 is 0. The van der Waals surface area contributed by atoms with E-state index < -0.39 is 5.97 Å². The molecule has 14 heavy (non-hydrogen) atoms. The van der Waals surface area contributed by atoms with Crippen LogP contribution in [0, 0.1) is 5.92 Å². The molecule has 0 fully saturated rings. The highest BCUT2D eigenvalue weighted by Gasteiger charge is 2.24. The predicted molar refractivity (Wildman–Crippen MR) is 53.7 cm³/mol. The number of hydrogen-bond donors (Lipinski definition) is 2. The van der Waals surface area contributed by atoms with Crippen LogP contribution in [-0.2, 0) is 11.2 Å². The first-order valence-corrected chi connectivity index (χ1v) is 5.33. The van der Waals surface area contributed by atoms with Gasteiger partial charge in [-0.3, -0.25) is 4.79 Å². The zero-order chi connectivity index (χ0) is 10.1. The van der Waals surface area contributed by atoms with Crippen LogP contribution in [0.15, 0.2) is 23.1 Å². The average Bonchev–Trinajstić information content (AvgIpc) is 2.16. The van der Waals surface area contributed by atoms with Crippen molar-refractivity contribution in [2.45, 2.75) is 11.3 Å². The summed E-state index contributed by atoms with van der Waals surface area (Å²) >= 11 is 1.54. The third kappa shape index (κ3) is 1.70. The quantitative estimate of drug-likeness (QED) is 0.741. The Labute approximate surface area is 85.8 Å². The number of phenols is 1. The summed E-state index contributed by atoms with van der Waals surface area (Å²) in [6, 6.07) is 5.12. The first-order chi connectivity index (χ1) is 6.66. The van der Waals surface area contributed by atoms with Gasteiger partial charge in [0.25, 0.3) is 0 Å². The molecule has 1 aromatic carbocycles. The van der Waals surface area contributed by atoms with Gasteiger partial charge >= 0.3 is 5.97 Å². The molecular weight excluding hydrogens is 200 g/mol. The van der Waals surface area contributed by atoms with Crippen molar-refractivity contribution in [3.63, 3.8) is 0 Å². The second-order valence-corrected chi connectivity index (χ2v) is 4.40. The highest BCUT2D eigenvalue weighted by molar-refractivity contribution is 7.99. The Morgan fingerprint density at radius 1 is 1.50 bits per heavy atom. The number of carbonyl (C=O) groups is 1. The Kier molecular flexibility index (Phi) is 2.37. The SMILES string of the molecule is O=C(O)C1CSc2ccc(O)cc2C1. The summed E-state index contributed by atoms with van der Waals surface area (Å²) in [6.45, 7) is 0. The van der Waals surface area contributed by atoms with Crippen molar-refractivity contribution >= 4 is 17.7 Å². The number of carboxylic acids is 1. The second kappa shape index (κ2) is 3.53. The molecule has 1 unspecified atom stereocenters. The molecule has 74 valence electrons. The maximum Gasteiger partial charge on any atom is 0.307 e. The average molecular weight is 210 g/mol. The molecule has 0 aliphatic carbocycles. The molecule has 1 aromatic rings. The molecule has 2 N–H and O–H groups in total. The number of rotatable bonds is 1. The lowest BCUT2D eigenvalue weighted by Gasteiger charge is -2.20. The molecule has 0 radical (unpaired) electrons. The van der Waals surface area contributed by atoms with Gasteiger partial charge in [0.15, 0.2) is 0 Å². The fraction of sp³-hybridized carbons (Fsp3) is 0.300. The molecule has 4 heteroatoms. The summed E-state index contributed by atoms with van der Waals surface area (Å²) in [5.41, 5.74) is 0.939. The third-order valence-electron chi connectivity index (χ3n) is 2.30. The van der Waals surface area contributed by atoms with E-state index in [1.807, 2.05) is 6.07 Å². The zero-order valence-electron chi connectivity index (χ0n) is 7.43. The van der Waals surface area contributed by atoms with Crippen LogP contribution in [0.3, 0.4) is 0 Å². The van der Waals surface area contributed by atoms with E-state index in [1.54, 1.807) is 23.9 Å². The van der Waals surface area contributed by atoms with Crippen molar-refractivity contribution in [1.29, 1.82) is 0 Å². The Bertz CT molecular complexity index is 376. The van der Waals surface area contributed by atoms with Crippen molar-refractivity contribution in [2.24, 2.45) is 5.92 Å². The number of benzene rings is 1. The predicted octanol–water partition coefficient (Wildman–Crippen LogP) is 1.74. The van der Waals surface area contributed by atoms with Crippen LogP contribution >= 0.6 is 11.8 Å². The Morgan fingerprint density at radius 3 is 3.00 bits per heavy atom. The second-order valence-electron chi connectivity index (χ2n) is 3.34. The van der Waals surface area contributed by atoms with Crippen LogP contribution in [0.25, 0.3) is 0 Å². The van der Waals surface area contributed by atoms with Crippen molar-refractivity contribution < 1.29 is 15.0 Å². The molecule has 3 nitrogen and oxygen atoms in total. The molecular formula is C10H10O3S. The summed E-state index contributed by atoms with van der Waals surface area (Å²) in [5, 5.41) is 18.1. The summed E-state index contributed by atoms with van der Waals surface area (Å²) in [4.78, 5) is 11.9. The smallest absolute Gasteiger partial charge is 0.307 e. The molecule has 1 atom stereocenters. The third-order valence-corrected chi connectivity index (χ3v) is 3.58. The normalized spacial score (nSPS) is 20.1. The Morgan fingerprint density at radius 2 is 2.29 bits per heavy atom. The monoisotopic (exact) mass is 210 g/mol. The summed E-state index contributed by atoms with van der Waals surface area (Å²) in [6.07, 6.45) is 0.520. The van der Waals surface area contributed by atoms with Gasteiger partial charge in [-0.25, -0.2) is 0 Å². The number of thioether (sulfide) groups is 1. The van der Waals surface area contributed by atoms with E-state index in [2.05, 4.69) is 0 Å². The van der Waals surface area contributed by atoms with Gasteiger partial charge in [0.05, 0.1) is 5.92 Å². The number of fused-ring (bicyclic) bond motifs is 1. The lowest BCUT2D eigenvalue weighted by atomic mass is 10.0. The molecule has 0 saturated carbocycles. The minimum Gasteiger partial charge on any atom is -0.508 e. The van der Waals surface area contributed by atoms with Crippen molar-refractivity contribution in [3.05, 3.63) is 23.8 Å². The van der Waals surface area contributed by atoms with E-state index in [4.69, 9.17) is 5.11 Å². The lowest BCUT2D eigenvalue weighted by molar-refractivity contribution is -0.140. The molecule has 0 saturated heterocycles. The standard InChI is InChI=1S/C10H10O3S/c11-8-1-2-9-6(4-8)3-7(5-14-9)10(12)13/h1-2,4,7,11H,3,5H2,(H,12,13). The van der Waals surface area contributed by atoms with Crippen LogP contribution in [0.4, 0.5) is 0 Å². The number of aliphatic carboxylic acids is 1. The molecule has 1 heterocycles. The van der Waals surface area contributed by atoms with Gasteiger partial charge in [0.1, 0.15) is 5.75 Å². The maximum atomic E-state index is 10.8. The van der Waals surface area contributed by atoms with Crippen LogP contribution in [0.5, 0.6) is 5.75 Å². The van der Waals surface area contributed by atoms with E-state index in [0.717, 1.165) is 10.5 Å². The van der Waals surface area contributed by atoms with Crippen LogP contribution in [0.2, 0.25) is 0 Å². The van der Waals surface area contributed by atoms with E-state index >= 15 is 0 Å². The molecule has 0 amide bonds. The van der Waals surface area contributed by atoms with Gasteiger partial charge in [0.2, 0.25) is 0 Å². The van der Waals surface area contributed by atoms with Gasteiger partial charge < -0.3 is 10.2 Å². The number of hydrogen-bond acceptors (Lipinski definition) is 3. The van der Waals surface area contributed by atoms with Gasteiger partial charge in [-0.05, 0) is 30.2 Å². The highest BCUT2D eigenvalue weighted by Crippen LogP contribution is 2.34. The Hall–Kier alpha value is -1.16. The summed E-state index contributed by atoms with van der Waals surface area (Å²) in [7, 11) is 0. The van der Waals surface area contributed by atoms with E-state index in [-0.39, 0.29) is 11.7 Å². The fourth-order valence-electron chi connectivity index (χ4n) is 1.54. The summed E-state index contributed by atoms with van der Waals surface area (Å²) in [5.74, 6) is -0.260. The zero-order valence-corrected chi connectivity index (χ0v) is 8.25. The van der Waals surface area contributed by atoms with E-state index in [0.29, 0.717) is 12.2 Å². The molecule has 0 spiro atoms. The van der Waals surface area contributed by atoms with Gasteiger partial charge in [-0.1, -0.05) is 0 Å². The van der Waals surface area contributed by atoms with Gasteiger partial charge in [-0.15, -0.1) is 11.8 Å². The minimum atomic E-state index is -0.758. The number of carboxylic acid groups (broad SMARTS) is 1. The van der Waals surface area contributed by atoms with Crippen LogP contribution in [0.1, 0.15) is 5.56 Å². The number of aromatic hydroxyl groups is 1. The highest BCUT2D eigenvalue weighted by atomic mass is 32.2. The lowest BCUT2D eigenvalue weighted by Crippen LogP contribution is -2.22. The van der Waals surface area contributed by atoms with Crippen molar-refractivity contribution in [1.82, 2.24) is 0 Å². The minimum absolute atomic E-state index is 0.204. The van der Waals surface area contributed by atoms with E-state index in [1.165, 1.54) is 0 Å². The first-order valence-electron chi connectivity index (χ1n) is 4.34. The molecule has 0 aromatic heterocycles. The number of phenolic OH excluding ortho intramolecular Hbond substituents is 1. The van der Waals surface area contributed by atoms with Gasteiger partial charge in [0, 0.05) is 10.6 Å². The van der Waals surface area contributed by atoms with E-state index in [9.17, 15) is 9.90 Å². The van der Waals surface area contributed by atoms with Crippen molar-refractivity contribution in [2.75, 3.05) is 5.75 Å². The van der Waals surface area contributed by atoms with Crippen molar-refractivity contribution in [3.8, 4) is 5.75 Å². The van der Waals surface area contributed by atoms with Crippen LogP contribution < -0.4 is 0 Å². The fourth-order valence-corrected chi connectivity index (χ4v) is 2.67. The molecule has 1 aliphatic rings. The first kappa shape index (κ1) is 9.40. The topological polar surface area (TPSA) is 57.5 Å².